The van der Waals surface area contributed by atoms with Crippen LogP contribution in [0.3, 0.4) is 0 Å². The summed E-state index contributed by atoms with van der Waals surface area (Å²) < 4.78 is 30.2. The Morgan fingerprint density at radius 2 is 0.571 bits per heavy atom. The van der Waals surface area contributed by atoms with Crippen molar-refractivity contribution in [2.24, 2.45) is 0 Å². The Bertz CT molecular complexity index is 1800. The van der Waals surface area contributed by atoms with E-state index in [9.17, 15) is 9.59 Å². The summed E-state index contributed by atoms with van der Waals surface area (Å²) in [7, 11) is 0. The van der Waals surface area contributed by atoms with Crippen LogP contribution in [0.1, 0.15) is 43.0 Å². The molecule has 0 bridgehead atoms. The van der Waals surface area contributed by atoms with Crippen molar-refractivity contribution in [3.8, 4) is 46.0 Å². The van der Waals surface area contributed by atoms with Crippen LogP contribution in [0.25, 0.3) is 0 Å². The molecule has 6 rings (SSSR count). The zero-order valence-corrected chi connectivity index (χ0v) is 27.6. The normalized spacial score (nSPS) is 10.6. The van der Waals surface area contributed by atoms with E-state index in [0.717, 1.165) is 22.3 Å². The second kappa shape index (κ2) is 14.6. The molecule has 0 unspecified atom stereocenters. The van der Waals surface area contributed by atoms with Gasteiger partial charge in [0, 0.05) is 0 Å². The van der Waals surface area contributed by atoms with Gasteiger partial charge in [-0.15, -0.1) is 0 Å². The van der Waals surface area contributed by atoms with Crippen molar-refractivity contribution in [3.05, 3.63) is 167 Å². The minimum Gasteiger partial charge on any atom is -0.456 e. The van der Waals surface area contributed by atoms with Gasteiger partial charge >= 0.3 is 11.9 Å². The predicted molar refractivity (Wildman–Crippen MR) is 188 cm³/mol. The smallest absolute Gasteiger partial charge is 0.353 e. The van der Waals surface area contributed by atoms with Crippen LogP contribution < -0.4 is 18.9 Å². The Labute approximate surface area is 285 Å². The maximum Gasteiger partial charge on any atom is 0.353 e. The summed E-state index contributed by atoms with van der Waals surface area (Å²) in [5, 5.41) is 0. The highest BCUT2D eigenvalue weighted by molar-refractivity contribution is 6.07. The molecule has 7 heteroatoms. The van der Waals surface area contributed by atoms with Crippen molar-refractivity contribution in [1.29, 1.82) is 0 Å². The summed E-state index contributed by atoms with van der Waals surface area (Å²) in [6.07, 6.45) is 0. The van der Waals surface area contributed by atoms with E-state index in [1.54, 1.807) is 84.9 Å². The van der Waals surface area contributed by atoms with Gasteiger partial charge in [-0.25, -0.2) is 9.59 Å². The van der Waals surface area contributed by atoms with Crippen molar-refractivity contribution in [1.82, 2.24) is 0 Å². The van der Waals surface area contributed by atoms with Crippen LogP contribution in [0.5, 0.6) is 46.0 Å². The molecular formula is C42H34O7. The molecule has 6 aromatic rings. The average molecular weight is 651 g/mol. The fourth-order valence-corrected chi connectivity index (χ4v) is 4.88. The van der Waals surface area contributed by atoms with Gasteiger partial charge in [0.1, 0.15) is 57.1 Å². The number of rotatable bonds is 10. The van der Waals surface area contributed by atoms with E-state index in [4.69, 9.17) is 23.7 Å². The van der Waals surface area contributed by atoms with Gasteiger partial charge in [-0.3, -0.25) is 0 Å². The van der Waals surface area contributed by atoms with Crippen LogP contribution in [-0.2, 0) is 4.74 Å². The molecule has 49 heavy (non-hydrogen) atoms. The van der Waals surface area contributed by atoms with E-state index in [2.05, 4.69) is 0 Å². The maximum absolute atomic E-state index is 14.1. The van der Waals surface area contributed by atoms with Gasteiger partial charge in [0.25, 0.3) is 0 Å². The minimum absolute atomic E-state index is 0.0741. The van der Waals surface area contributed by atoms with Crippen molar-refractivity contribution in [2.75, 3.05) is 0 Å². The molecule has 0 atom stereocenters. The molecular weight excluding hydrogens is 616 g/mol. The Morgan fingerprint density at radius 3 is 0.796 bits per heavy atom. The Morgan fingerprint density at radius 1 is 0.347 bits per heavy atom. The first-order valence-electron chi connectivity index (χ1n) is 15.7. The lowest BCUT2D eigenvalue weighted by Crippen LogP contribution is -2.16. The number of carbonyl (C=O) groups excluding carboxylic acids is 2. The fraction of sp³-hybridized carbons (Fsp3) is 0.0952. The van der Waals surface area contributed by atoms with Crippen molar-refractivity contribution < 1.29 is 33.3 Å². The third kappa shape index (κ3) is 8.15. The molecule has 7 nitrogen and oxygen atoms in total. The number of esters is 2. The highest BCUT2D eigenvalue weighted by atomic mass is 16.6. The molecule has 244 valence electrons. The number of hydrogen-bond acceptors (Lipinski definition) is 7. The lowest BCUT2D eigenvalue weighted by atomic mass is 10.1. The second-order valence-corrected chi connectivity index (χ2v) is 11.6. The summed E-state index contributed by atoms with van der Waals surface area (Å²) in [6, 6.07) is 39.3. The van der Waals surface area contributed by atoms with Gasteiger partial charge in [0.15, 0.2) is 0 Å². The number of benzene rings is 6. The standard InChI is InChI=1S/C42H34O7/c1-27-11-19-31(20-12-27)45-35-7-5-8-36(46-32-21-13-28(2)14-22-32)39(35)41(43)49-42(44)40-37(47-33-23-15-29(3)16-24-33)9-6-10-38(40)48-34-25-17-30(4)18-26-34/h5-26H,1-4H3. The van der Waals surface area contributed by atoms with Crippen LogP contribution >= 0.6 is 0 Å². The van der Waals surface area contributed by atoms with Gasteiger partial charge < -0.3 is 23.7 Å². The first kappa shape index (κ1) is 32.6. The van der Waals surface area contributed by atoms with Crippen LogP contribution in [0, 0.1) is 27.7 Å². The molecule has 0 radical (unpaired) electrons. The minimum atomic E-state index is -0.985. The van der Waals surface area contributed by atoms with E-state index in [-0.39, 0.29) is 34.1 Å². The SMILES string of the molecule is Cc1ccc(Oc2cccc(Oc3ccc(C)cc3)c2C(=O)OC(=O)c2c(Oc3ccc(C)cc3)cccc2Oc2ccc(C)cc2)cc1. The monoisotopic (exact) mass is 650 g/mol. The van der Waals surface area contributed by atoms with Gasteiger partial charge in [-0.1, -0.05) is 82.9 Å². The summed E-state index contributed by atoms with van der Waals surface area (Å²) in [4.78, 5) is 28.2. The number of carbonyl (C=O) groups is 2. The third-order valence-electron chi connectivity index (χ3n) is 7.56. The third-order valence-corrected chi connectivity index (χ3v) is 7.56. The van der Waals surface area contributed by atoms with E-state index < -0.39 is 11.9 Å². The van der Waals surface area contributed by atoms with Crippen LogP contribution in [0.4, 0.5) is 0 Å². The van der Waals surface area contributed by atoms with Crippen LogP contribution in [-0.4, -0.2) is 11.9 Å². The summed E-state index contributed by atoms with van der Waals surface area (Å²) in [5.41, 5.74) is 4.03. The first-order chi connectivity index (χ1) is 23.7. The summed E-state index contributed by atoms with van der Waals surface area (Å²) in [6.45, 7) is 7.85. The van der Waals surface area contributed by atoms with Crippen LogP contribution in [0.2, 0.25) is 0 Å². The average Bonchev–Trinajstić information content (AvgIpc) is 3.09. The van der Waals surface area contributed by atoms with Crippen molar-refractivity contribution >= 4 is 11.9 Å². The quantitative estimate of drug-likeness (QED) is 0.108. The molecule has 0 fully saturated rings. The predicted octanol–water partition coefficient (Wildman–Crippen LogP) is 11.1. The zero-order chi connectivity index (χ0) is 34.3. The van der Waals surface area contributed by atoms with E-state index >= 15 is 0 Å². The highest BCUT2D eigenvalue weighted by Crippen LogP contribution is 2.38. The van der Waals surface area contributed by atoms with E-state index in [1.165, 1.54) is 0 Å². The Hall–Kier alpha value is -6.34. The summed E-state index contributed by atoms with van der Waals surface area (Å²) in [5.74, 6) is 0.570. The largest absolute Gasteiger partial charge is 0.456 e. The number of hydrogen-bond donors (Lipinski definition) is 0. The lowest BCUT2D eigenvalue weighted by Gasteiger charge is -2.17. The van der Waals surface area contributed by atoms with Gasteiger partial charge in [0.2, 0.25) is 0 Å². The maximum atomic E-state index is 14.1. The van der Waals surface area contributed by atoms with Gasteiger partial charge in [0.05, 0.1) is 0 Å². The van der Waals surface area contributed by atoms with Gasteiger partial charge in [-0.05, 0) is 100 Å². The van der Waals surface area contributed by atoms with Crippen LogP contribution in [0.15, 0.2) is 133 Å². The lowest BCUT2D eigenvalue weighted by molar-refractivity contribution is 0.0392. The topological polar surface area (TPSA) is 80.3 Å². The van der Waals surface area contributed by atoms with Crippen molar-refractivity contribution in [3.63, 3.8) is 0 Å². The number of ether oxygens (including phenoxy) is 5. The molecule has 0 spiro atoms. The highest BCUT2D eigenvalue weighted by Gasteiger charge is 2.29. The molecule has 0 N–H and O–H groups in total. The molecule has 6 aromatic carbocycles. The molecule has 0 aromatic heterocycles. The molecule has 0 aliphatic carbocycles. The van der Waals surface area contributed by atoms with Gasteiger partial charge in [-0.2, -0.15) is 0 Å². The summed E-state index contributed by atoms with van der Waals surface area (Å²) >= 11 is 0. The molecule has 0 saturated heterocycles. The molecule has 0 aliphatic heterocycles. The Balaban J connectivity index is 1.38. The first-order valence-corrected chi connectivity index (χ1v) is 15.7. The molecule has 0 aliphatic rings. The second-order valence-electron chi connectivity index (χ2n) is 11.6. The molecule has 0 heterocycles. The zero-order valence-electron chi connectivity index (χ0n) is 27.6. The number of aryl methyl sites for hydroxylation is 4. The van der Waals surface area contributed by atoms with Crippen molar-refractivity contribution in [2.45, 2.75) is 27.7 Å². The molecule has 0 saturated carbocycles. The fourth-order valence-electron chi connectivity index (χ4n) is 4.88. The van der Waals surface area contributed by atoms with E-state index in [1.807, 2.05) is 76.2 Å². The Kier molecular flexibility index (Phi) is 9.72. The molecule has 0 amide bonds. The van der Waals surface area contributed by atoms with E-state index in [0.29, 0.717) is 23.0 Å².